The van der Waals surface area contributed by atoms with Gasteiger partial charge in [-0.3, -0.25) is 0 Å². The molecule has 1 heterocycles. The topological polar surface area (TPSA) is 21.3 Å². The summed E-state index contributed by atoms with van der Waals surface area (Å²) >= 11 is 5.52. The van der Waals surface area contributed by atoms with Crippen molar-refractivity contribution in [3.63, 3.8) is 0 Å². The lowest BCUT2D eigenvalue weighted by Crippen LogP contribution is -2.32. The molecule has 76 valence electrons. The Hall–Kier alpha value is -0.0500. The second kappa shape index (κ2) is 6.41. The van der Waals surface area contributed by atoms with Gasteiger partial charge in [-0.1, -0.05) is 11.6 Å². The van der Waals surface area contributed by atoms with Gasteiger partial charge in [-0.15, -0.1) is 0 Å². The van der Waals surface area contributed by atoms with Crippen molar-refractivity contribution in [3.05, 3.63) is 11.1 Å². The normalized spacial score (nSPS) is 24.8. The van der Waals surface area contributed by atoms with Crippen LogP contribution in [0.4, 0.5) is 0 Å². The molecule has 0 aliphatic carbocycles. The lowest BCUT2D eigenvalue weighted by molar-refractivity contribution is 0.106. The van der Waals surface area contributed by atoms with Crippen LogP contribution in [0.15, 0.2) is 11.1 Å². The van der Waals surface area contributed by atoms with E-state index in [1.807, 2.05) is 6.92 Å². The van der Waals surface area contributed by atoms with Gasteiger partial charge in [0.05, 0.1) is 13.2 Å². The molecule has 2 nitrogen and oxygen atoms in total. The van der Waals surface area contributed by atoms with E-state index >= 15 is 0 Å². The predicted molar refractivity (Wildman–Crippen MR) is 56.0 cm³/mol. The van der Waals surface area contributed by atoms with E-state index in [1.54, 1.807) is 5.54 Å². The highest BCUT2D eigenvalue weighted by atomic mass is 35.5. The Kier molecular flexibility index (Phi) is 5.44. The van der Waals surface area contributed by atoms with Crippen LogP contribution in [0.3, 0.4) is 0 Å². The minimum absolute atomic E-state index is 0.667. The van der Waals surface area contributed by atoms with E-state index in [4.69, 9.17) is 16.3 Å². The van der Waals surface area contributed by atoms with E-state index in [1.165, 1.54) is 12.8 Å². The van der Waals surface area contributed by atoms with Crippen molar-refractivity contribution in [1.29, 1.82) is 0 Å². The molecule has 0 amide bonds. The molecule has 0 aromatic carbocycles. The summed E-state index contributed by atoms with van der Waals surface area (Å²) in [6, 6.07) is 0. The summed E-state index contributed by atoms with van der Waals surface area (Å²) in [4.78, 5) is 0. The van der Waals surface area contributed by atoms with Crippen LogP contribution < -0.4 is 5.32 Å². The quantitative estimate of drug-likeness (QED) is 0.756. The van der Waals surface area contributed by atoms with E-state index in [-0.39, 0.29) is 0 Å². The van der Waals surface area contributed by atoms with Crippen LogP contribution >= 0.6 is 11.6 Å². The summed E-state index contributed by atoms with van der Waals surface area (Å²) in [6.07, 6.45) is 2.56. The average Bonchev–Trinajstić information content (AvgIpc) is 2.19. The molecule has 0 saturated carbocycles. The molecule has 1 saturated heterocycles. The molecule has 0 aromatic heterocycles. The van der Waals surface area contributed by atoms with E-state index in [0.29, 0.717) is 12.5 Å². The first kappa shape index (κ1) is 11.0. The smallest absolute Gasteiger partial charge is 0.0685 e. The number of hydrogen-bond acceptors (Lipinski definition) is 2. The molecular formula is C10H18ClNO. The number of nitrogens with one attached hydrogen (secondary N) is 1. The first-order valence-electron chi connectivity index (χ1n) is 4.87. The molecule has 1 N–H and O–H groups in total. The molecule has 0 bridgehead atoms. The minimum Gasteiger partial charge on any atom is -0.377 e. The van der Waals surface area contributed by atoms with Gasteiger partial charge in [0.25, 0.3) is 0 Å². The zero-order valence-electron chi connectivity index (χ0n) is 8.18. The van der Waals surface area contributed by atoms with Crippen molar-refractivity contribution < 1.29 is 4.74 Å². The standard InChI is InChI=1S/C10H18ClNO/c1-9(5-11)7-13-8-10-3-2-4-12-6-10/h5,10,12H,2-4,6-8H2,1H3. The SMILES string of the molecule is CC(=CCl)COCC1CCCNC1. The molecule has 3 heteroatoms. The second-order valence-corrected chi connectivity index (χ2v) is 3.90. The van der Waals surface area contributed by atoms with Crippen LogP contribution in [-0.2, 0) is 4.74 Å². The average molecular weight is 204 g/mol. The number of halogens is 1. The molecule has 0 aromatic rings. The largest absolute Gasteiger partial charge is 0.377 e. The summed E-state index contributed by atoms with van der Waals surface area (Å²) in [5.41, 5.74) is 2.67. The van der Waals surface area contributed by atoms with Gasteiger partial charge >= 0.3 is 0 Å². The number of hydrogen-bond donors (Lipinski definition) is 1. The Morgan fingerprint density at radius 1 is 1.69 bits per heavy atom. The van der Waals surface area contributed by atoms with Crippen LogP contribution in [0.2, 0.25) is 0 Å². The minimum atomic E-state index is 0.667. The predicted octanol–water partition coefficient (Wildman–Crippen LogP) is 2.15. The van der Waals surface area contributed by atoms with Gasteiger partial charge < -0.3 is 10.1 Å². The van der Waals surface area contributed by atoms with Gasteiger partial charge in [0.2, 0.25) is 0 Å². The Bertz CT molecular complexity index is 164. The van der Waals surface area contributed by atoms with Crippen LogP contribution in [-0.4, -0.2) is 26.3 Å². The van der Waals surface area contributed by atoms with Crippen LogP contribution in [0, 0.1) is 5.92 Å². The van der Waals surface area contributed by atoms with Crippen molar-refractivity contribution >= 4 is 11.6 Å². The van der Waals surface area contributed by atoms with Gasteiger partial charge in [0.15, 0.2) is 0 Å². The third-order valence-electron chi connectivity index (χ3n) is 2.27. The number of piperidine rings is 1. The number of rotatable bonds is 4. The second-order valence-electron chi connectivity index (χ2n) is 3.68. The molecule has 1 unspecified atom stereocenters. The van der Waals surface area contributed by atoms with Gasteiger partial charge in [0.1, 0.15) is 0 Å². The Balaban J connectivity index is 2.04. The molecule has 1 aliphatic heterocycles. The highest BCUT2D eigenvalue weighted by Crippen LogP contribution is 2.10. The Labute approximate surface area is 85.3 Å². The molecule has 1 aliphatic rings. The van der Waals surface area contributed by atoms with Crippen LogP contribution in [0.25, 0.3) is 0 Å². The molecule has 1 rings (SSSR count). The van der Waals surface area contributed by atoms with Crippen molar-refractivity contribution in [2.24, 2.45) is 5.92 Å². The molecule has 1 atom stereocenters. The summed E-state index contributed by atoms with van der Waals surface area (Å²) < 4.78 is 5.53. The lowest BCUT2D eigenvalue weighted by Gasteiger charge is -2.22. The summed E-state index contributed by atoms with van der Waals surface area (Å²) in [7, 11) is 0. The summed E-state index contributed by atoms with van der Waals surface area (Å²) in [5.74, 6) is 0.692. The monoisotopic (exact) mass is 203 g/mol. The van der Waals surface area contributed by atoms with Gasteiger partial charge in [0, 0.05) is 12.1 Å². The van der Waals surface area contributed by atoms with Crippen molar-refractivity contribution in [3.8, 4) is 0 Å². The van der Waals surface area contributed by atoms with Crippen molar-refractivity contribution in [2.45, 2.75) is 19.8 Å². The van der Waals surface area contributed by atoms with Gasteiger partial charge in [-0.25, -0.2) is 0 Å². The van der Waals surface area contributed by atoms with Gasteiger partial charge in [-0.05, 0) is 37.8 Å². The maximum Gasteiger partial charge on any atom is 0.0685 e. The zero-order valence-corrected chi connectivity index (χ0v) is 8.94. The lowest BCUT2D eigenvalue weighted by atomic mass is 10.0. The summed E-state index contributed by atoms with van der Waals surface area (Å²) in [6.45, 7) is 5.77. The maximum atomic E-state index is 5.53. The molecular weight excluding hydrogens is 186 g/mol. The highest BCUT2D eigenvalue weighted by Gasteiger charge is 2.12. The Morgan fingerprint density at radius 2 is 2.54 bits per heavy atom. The number of ether oxygens (including phenoxy) is 1. The maximum absolute atomic E-state index is 5.53. The van der Waals surface area contributed by atoms with Gasteiger partial charge in [-0.2, -0.15) is 0 Å². The third kappa shape index (κ3) is 4.65. The fourth-order valence-corrected chi connectivity index (χ4v) is 1.55. The highest BCUT2D eigenvalue weighted by molar-refractivity contribution is 6.25. The van der Waals surface area contributed by atoms with Crippen LogP contribution in [0.5, 0.6) is 0 Å². The third-order valence-corrected chi connectivity index (χ3v) is 2.64. The molecule has 1 fully saturated rings. The summed E-state index contributed by atoms with van der Waals surface area (Å²) in [5, 5.41) is 3.37. The first-order chi connectivity index (χ1) is 6.33. The van der Waals surface area contributed by atoms with Crippen LogP contribution in [0.1, 0.15) is 19.8 Å². The fourth-order valence-electron chi connectivity index (χ4n) is 1.48. The molecule has 13 heavy (non-hydrogen) atoms. The van der Waals surface area contributed by atoms with E-state index in [0.717, 1.165) is 25.3 Å². The van der Waals surface area contributed by atoms with E-state index in [2.05, 4.69) is 5.32 Å². The zero-order chi connectivity index (χ0) is 9.52. The molecule has 0 spiro atoms. The Morgan fingerprint density at radius 3 is 3.15 bits per heavy atom. The van der Waals surface area contributed by atoms with Crippen molar-refractivity contribution in [2.75, 3.05) is 26.3 Å². The van der Waals surface area contributed by atoms with E-state index in [9.17, 15) is 0 Å². The van der Waals surface area contributed by atoms with Crippen molar-refractivity contribution in [1.82, 2.24) is 5.32 Å². The molecule has 0 radical (unpaired) electrons. The first-order valence-corrected chi connectivity index (χ1v) is 5.31. The fraction of sp³-hybridized carbons (Fsp3) is 0.800. The van der Waals surface area contributed by atoms with E-state index < -0.39 is 0 Å².